The van der Waals surface area contributed by atoms with Crippen LogP contribution in [0, 0.1) is 6.92 Å². The number of hydrogen-bond acceptors (Lipinski definition) is 4. The molecule has 106 valence electrons. The highest BCUT2D eigenvalue weighted by Crippen LogP contribution is 2.30. The van der Waals surface area contributed by atoms with Crippen LogP contribution in [-0.2, 0) is 0 Å². The fourth-order valence-corrected chi connectivity index (χ4v) is 2.33. The van der Waals surface area contributed by atoms with Gasteiger partial charge in [-0.15, -0.1) is 0 Å². The molecular weight excluding hydrogens is 264 g/mol. The van der Waals surface area contributed by atoms with Crippen LogP contribution in [-0.4, -0.2) is 22.2 Å². The lowest BCUT2D eigenvalue weighted by Gasteiger charge is -2.15. The lowest BCUT2D eigenvalue weighted by Crippen LogP contribution is -2.06. The van der Waals surface area contributed by atoms with E-state index in [-0.39, 0.29) is 0 Å². The van der Waals surface area contributed by atoms with E-state index in [2.05, 4.69) is 9.97 Å². The number of methoxy groups -OCH3 is 1. The normalized spacial score (nSPS) is 12.3. The molecule has 3 rings (SSSR count). The molecule has 0 amide bonds. The molecule has 1 atom stereocenters. The summed E-state index contributed by atoms with van der Waals surface area (Å²) >= 11 is 0. The second kappa shape index (κ2) is 5.50. The van der Waals surface area contributed by atoms with E-state index in [0.29, 0.717) is 17.0 Å². The Bertz CT molecular complexity index is 787. The highest BCUT2D eigenvalue weighted by atomic mass is 16.5. The third-order valence-electron chi connectivity index (χ3n) is 3.43. The molecule has 1 N–H and O–H groups in total. The summed E-state index contributed by atoms with van der Waals surface area (Å²) in [5.41, 5.74) is 3.84. The molecule has 2 aromatic carbocycles. The van der Waals surface area contributed by atoms with Crippen molar-refractivity contribution in [3.63, 3.8) is 0 Å². The van der Waals surface area contributed by atoms with Gasteiger partial charge in [-0.3, -0.25) is 4.98 Å². The molecule has 1 aromatic heterocycles. The minimum absolute atomic E-state index is 0.512. The van der Waals surface area contributed by atoms with Crippen LogP contribution >= 0.6 is 0 Å². The number of aliphatic hydroxyl groups is 1. The fraction of sp³-hybridized carbons (Fsp3) is 0.176. The molecule has 4 nitrogen and oxygen atoms in total. The van der Waals surface area contributed by atoms with Crippen LogP contribution in [0.15, 0.2) is 48.7 Å². The maximum Gasteiger partial charge on any atom is 0.126 e. The lowest BCUT2D eigenvalue weighted by atomic mass is 10.0. The van der Waals surface area contributed by atoms with Crippen LogP contribution in [0.1, 0.15) is 22.9 Å². The predicted molar refractivity (Wildman–Crippen MR) is 81.3 cm³/mol. The number of hydrogen-bond donors (Lipinski definition) is 1. The summed E-state index contributed by atoms with van der Waals surface area (Å²) in [6.07, 6.45) is 0.742. The van der Waals surface area contributed by atoms with E-state index in [4.69, 9.17) is 4.74 Å². The van der Waals surface area contributed by atoms with E-state index in [1.165, 1.54) is 0 Å². The molecule has 0 bridgehead atoms. The first-order chi connectivity index (χ1) is 10.2. The van der Waals surface area contributed by atoms with E-state index in [0.717, 1.165) is 16.6 Å². The summed E-state index contributed by atoms with van der Waals surface area (Å²) in [5, 5.41) is 10.6. The van der Waals surface area contributed by atoms with Crippen molar-refractivity contribution < 1.29 is 9.84 Å². The van der Waals surface area contributed by atoms with Crippen molar-refractivity contribution in [3.8, 4) is 5.75 Å². The van der Waals surface area contributed by atoms with Crippen molar-refractivity contribution in [2.24, 2.45) is 0 Å². The minimum Gasteiger partial charge on any atom is -0.496 e. The maximum atomic E-state index is 10.6. The summed E-state index contributed by atoms with van der Waals surface area (Å²) in [6.45, 7) is 1.97. The van der Waals surface area contributed by atoms with Gasteiger partial charge in [0.05, 0.1) is 30.0 Å². The number of nitrogens with zero attached hydrogens (tertiary/aromatic N) is 2. The van der Waals surface area contributed by atoms with Gasteiger partial charge in [0.25, 0.3) is 0 Å². The minimum atomic E-state index is -0.864. The van der Waals surface area contributed by atoms with E-state index >= 15 is 0 Å². The smallest absolute Gasteiger partial charge is 0.126 e. The van der Waals surface area contributed by atoms with Gasteiger partial charge in [-0.05, 0) is 31.2 Å². The zero-order valence-electron chi connectivity index (χ0n) is 11.9. The van der Waals surface area contributed by atoms with E-state index < -0.39 is 6.10 Å². The number of aryl methyl sites for hydroxylation is 1. The Kier molecular flexibility index (Phi) is 3.54. The van der Waals surface area contributed by atoms with Gasteiger partial charge in [0.2, 0.25) is 0 Å². The predicted octanol–water partition coefficient (Wildman–Crippen LogP) is 3.03. The Hall–Kier alpha value is -2.46. The molecule has 3 aromatic rings. The highest BCUT2D eigenvalue weighted by molar-refractivity contribution is 5.73. The summed E-state index contributed by atoms with van der Waals surface area (Å²) in [4.78, 5) is 8.83. The Morgan fingerprint density at radius 2 is 1.86 bits per heavy atom. The Morgan fingerprint density at radius 1 is 1.10 bits per heavy atom. The number of aromatic nitrogens is 2. The second-order valence-corrected chi connectivity index (χ2v) is 4.93. The zero-order valence-corrected chi connectivity index (χ0v) is 11.9. The first-order valence-corrected chi connectivity index (χ1v) is 6.73. The molecule has 0 saturated carbocycles. The molecular formula is C17H16N2O2. The number of ether oxygens (including phenoxy) is 1. The topological polar surface area (TPSA) is 55.2 Å². The van der Waals surface area contributed by atoms with E-state index in [1.807, 2.05) is 49.4 Å². The zero-order chi connectivity index (χ0) is 14.8. The molecule has 21 heavy (non-hydrogen) atoms. The van der Waals surface area contributed by atoms with Crippen molar-refractivity contribution in [1.82, 2.24) is 9.97 Å². The van der Waals surface area contributed by atoms with Crippen molar-refractivity contribution >= 4 is 11.0 Å². The molecule has 0 radical (unpaired) electrons. The molecule has 0 spiro atoms. The van der Waals surface area contributed by atoms with Gasteiger partial charge in [-0.25, -0.2) is 4.98 Å². The highest BCUT2D eigenvalue weighted by Gasteiger charge is 2.17. The summed E-state index contributed by atoms with van der Waals surface area (Å²) in [7, 11) is 1.59. The van der Waals surface area contributed by atoms with Crippen LogP contribution in [0.2, 0.25) is 0 Å². The van der Waals surface area contributed by atoms with Crippen LogP contribution in [0.4, 0.5) is 0 Å². The van der Waals surface area contributed by atoms with Crippen LogP contribution in [0.25, 0.3) is 11.0 Å². The van der Waals surface area contributed by atoms with Gasteiger partial charge in [-0.2, -0.15) is 0 Å². The molecule has 0 aliphatic heterocycles. The Balaban J connectivity index is 2.07. The molecule has 0 aliphatic rings. The van der Waals surface area contributed by atoms with Crippen molar-refractivity contribution in [2.75, 3.05) is 7.11 Å². The number of benzene rings is 2. The van der Waals surface area contributed by atoms with Gasteiger partial charge in [0, 0.05) is 5.56 Å². The Morgan fingerprint density at radius 3 is 2.62 bits per heavy atom. The van der Waals surface area contributed by atoms with Crippen LogP contribution in [0.3, 0.4) is 0 Å². The monoisotopic (exact) mass is 280 g/mol. The van der Waals surface area contributed by atoms with E-state index in [9.17, 15) is 5.11 Å². The van der Waals surface area contributed by atoms with Gasteiger partial charge in [0.15, 0.2) is 0 Å². The average Bonchev–Trinajstić information content (AvgIpc) is 2.53. The second-order valence-electron chi connectivity index (χ2n) is 4.93. The summed E-state index contributed by atoms with van der Waals surface area (Å²) < 4.78 is 5.32. The van der Waals surface area contributed by atoms with Crippen molar-refractivity contribution in [2.45, 2.75) is 13.0 Å². The van der Waals surface area contributed by atoms with Crippen molar-refractivity contribution in [3.05, 3.63) is 65.5 Å². The van der Waals surface area contributed by atoms with Gasteiger partial charge in [0.1, 0.15) is 11.9 Å². The molecule has 4 heteroatoms. The lowest BCUT2D eigenvalue weighted by molar-refractivity contribution is 0.210. The largest absolute Gasteiger partial charge is 0.496 e. The van der Waals surface area contributed by atoms with Gasteiger partial charge >= 0.3 is 0 Å². The fourth-order valence-electron chi connectivity index (χ4n) is 2.33. The van der Waals surface area contributed by atoms with Gasteiger partial charge < -0.3 is 9.84 Å². The first kappa shape index (κ1) is 13.5. The number of para-hydroxylation sites is 2. The number of aliphatic hydroxyl groups excluding tert-OH is 1. The summed E-state index contributed by atoms with van der Waals surface area (Å²) in [6, 6.07) is 13.3. The van der Waals surface area contributed by atoms with Crippen LogP contribution in [0.5, 0.6) is 5.75 Å². The first-order valence-electron chi connectivity index (χ1n) is 6.73. The number of fused-ring (bicyclic) bond motifs is 1. The van der Waals surface area contributed by atoms with E-state index in [1.54, 1.807) is 13.3 Å². The third kappa shape index (κ3) is 2.58. The third-order valence-corrected chi connectivity index (χ3v) is 3.43. The maximum absolute atomic E-state index is 10.6. The molecule has 1 unspecified atom stereocenters. The van der Waals surface area contributed by atoms with Crippen molar-refractivity contribution in [1.29, 1.82) is 0 Å². The summed E-state index contributed by atoms with van der Waals surface area (Å²) in [5.74, 6) is 0.642. The Labute approximate surface area is 123 Å². The number of rotatable bonds is 3. The SMILES string of the molecule is COc1ccc(C)cc1C(O)c1cnc2ccccc2n1. The molecule has 1 heterocycles. The standard InChI is InChI=1S/C17H16N2O2/c1-11-7-8-16(21-2)12(9-11)17(20)15-10-18-13-5-3-4-6-14(13)19-15/h3-10,17,20H,1-2H3. The molecule has 0 aliphatic carbocycles. The molecule has 0 saturated heterocycles. The quantitative estimate of drug-likeness (QED) is 0.801. The van der Waals surface area contributed by atoms with Crippen LogP contribution < -0.4 is 4.74 Å². The molecule has 0 fully saturated rings. The van der Waals surface area contributed by atoms with Gasteiger partial charge in [-0.1, -0.05) is 23.8 Å². The average molecular weight is 280 g/mol.